The molecule has 1 aromatic carbocycles. The number of benzene rings is 1. The van der Waals surface area contributed by atoms with Crippen LogP contribution >= 0.6 is 11.3 Å². The van der Waals surface area contributed by atoms with Crippen LogP contribution in [0.1, 0.15) is 17.8 Å². The molecule has 0 bridgehead atoms. The number of thiazole rings is 1. The summed E-state index contributed by atoms with van der Waals surface area (Å²) in [5.74, 6) is -0.612. The van der Waals surface area contributed by atoms with Crippen molar-refractivity contribution in [3.63, 3.8) is 0 Å². The molecule has 0 aliphatic heterocycles. The lowest BCUT2D eigenvalue weighted by atomic mass is 10.2. The zero-order valence-corrected chi connectivity index (χ0v) is 18.2. The van der Waals surface area contributed by atoms with Crippen LogP contribution in [-0.4, -0.2) is 25.2 Å². The van der Waals surface area contributed by atoms with E-state index >= 15 is 0 Å². The molecule has 1 amide bonds. The molecule has 32 heavy (non-hydrogen) atoms. The zero-order valence-electron chi connectivity index (χ0n) is 17.4. The summed E-state index contributed by atoms with van der Waals surface area (Å²) in [5, 5.41) is 7.40. The van der Waals surface area contributed by atoms with Crippen LogP contribution in [0.3, 0.4) is 0 Å². The van der Waals surface area contributed by atoms with Gasteiger partial charge in [-0.05, 0) is 44.2 Å². The quantitative estimate of drug-likeness (QED) is 0.468. The molecule has 10 heteroatoms. The number of carbonyl (C=O) groups excluding carboxylic acids is 1. The number of hydrogen-bond acceptors (Lipinski definition) is 5. The van der Waals surface area contributed by atoms with Crippen molar-refractivity contribution in [2.75, 3.05) is 5.32 Å². The third-order valence-corrected chi connectivity index (χ3v) is 5.75. The van der Waals surface area contributed by atoms with Crippen molar-refractivity contribution < 1.29 is 9.18 Å². The van der Waals surface area contributed by atoms with Crippen molar-refractivity contribution in [2.24, 2.45) is 0 Å². The first kappa shape index (κ1) is 21.4. The van der Waals surface area contributed by atoms with Gasteiger partial charge in [-0.15, -0.1) is 11.3 Å². The van der Waals surface area contributed by atoms with Gasteiger partial charge in [0.05, 0.1) is 12.2 Å². The van der Waals surface area contributed by atoms with E-state index in [2.05, 4.69) is 15.4 Å². The fourth-order valence-electron chi connectivity index (χ4n) is 3.49. The average Bonchev–Trinajstić information content (AvgIpc) is 3.33. The summed E-state index contributed by atoms with van der Waals surface area (Å²) in [5.41, 5.74) is 3.62. The average molecular weight is 453 g/mol. The monoisotopic (exact) mass is 453 g/mol. The minimum atomic E-state index is -0.409. The minimum Gasteiger partial charge on any atom is -0.318 e. The molecular weight excluding hydrogens is 433 g/mol. The lowest BCUT2D eigenvalue weighted by molar-refractivity contribution is -0.116. The normalized spacial score (nSPS) is 11.0. The van der Waals surface area contributed by atoms with Crippen LogP contribution in [0.4, 0.5) is 9.52 Å². The molecule has 0 spiro atoms. The molecule has 0 radical (unpaired) electrons. The third kappa shape index (κ3) is 4.45. The summed E-state index contributed by atoms with van der Waals surface area (Å²) in [6, 6.07) is 10.6. The first-order chi connectivity index (χ1) is 15.3. The van der Waals surface area contributed by atoms with Crippen LogP contribution in [0.5, 0.6) is 0 Å². The molecule has 0 fully saturated rings. The number of hydrogen-bond donors (Lipinski definition) is 2. The molecule has 4 rings (SSSR count). The van der Waals surface area contributed by atoms with Crippen LogP contribution < -0.4 is 16.4 Å². The first-order valence-electron chi connectivity index (χ1n) is 9.82. The molecule has 0 saturated heterocycles. The van der Waals surface area contributed by atoms with Crippen LogP contribution in [0.2, 0.25) is 0 Å². The standard InChI is InChI=1S/C22H20FN5O3S/c1-13-11-17(14(2)28(13)16-5-3-15(23)4-6-16)18-12-32-22(24-18)25-19(29)9-10-27-21(31)8-7-20(30)26-27/h3-8,11-12H,9-10H2,1-2H3,(H,26,30)(H,24,25,29). The number of amides is 1. The highest BCUT2D eigenvalue weighted by atomic mass is 32.1. The van der Waals surface area contributed by atoms with Crippen molar-refractivity contribution in [2.45, 2.75) is 26.8 Å². The van der Waals surface area contributed by atoms with Crippen molar-refractivity contribution in [3.05, 3.63) is 85.8 Å². The number of halogens is 1. The van der Waals surface area contributed by atoms with Crippen molar-refractivity contribution in [3.8, 4) is 16.9 Å². The Morgan fingerprint density at radius 1 is 1.16 bits per heavy atom. The maximum Gasteiger partial charge on any atom is 0.265 e. The topological polar surface area (TPSA) is 102 Å². The summed E-state index contributed by atoms with van der Waals surface area (Å²) in [6.45, 7) is 3.98. The SMILES string of the molecule is Cc1cc(-c2csc(NC(=O)CCn3[nH]c(=O)ccc3=O)n2)c(C)n1-c1ccc(F)cc1. The maximum absolute atomic E-state index is 13.3. The Labute approximate surface area is 186 Å². The van der Waals surface area contributed by atoms with Crippen LogP contribution in [-0.2, 0) is 11.3 Å². The smallest absolute Gasteiger partial charge is 0.265 e. The van der Waals surface area contributed by atoms with E-state index in [0.717, 1.165) is 45.1 Å². The molecule has 0 unspecified atom stereocenters. The Balaban J connectivity index is 1.48. The minimum absolute atomic E-state index is 0.00779. The number of rotatable bonds is 6. The van der Waals surface area contributed by atoms with Crippen LogP contribution in [0.25, 0.3) is 16.9 Å². The molecule has 0 aliphatic rings. The molecule has 3 aromatic heterocycles. The Hall–Kier alpha value is -3.79. The Morgan fingerprint density at radius 2 is 1.91 bits per heavy atom. The van der Waals surface area contributed by atoms with Gasteiger partial charge >= 0.3 is 0 Å². The number of aromatic amines is 1. The molecule has 4 aromatic rings. The molecule has 3 heterocycles. The van der Waals surface area contributed by atoms with E-state index in [9.17, 15) is 18.8 Å². The predicted octanol–water partition coefficient (Wildman–Crippen LogP) is 3.24. The second kappa shape index (κ2) is 8.75. The van der Waals surface area contributed by atoms with Gasteiger partial charge < -0.3 is 9.88 Å². The van der Waals surface area contributed by atoms with Gasteiger partial charge in [0.25, 0.3) is 11.1 Å². The molecule has 0 aliphatic carbocycles. The number of nitrogens with zero attached hydrogens (tertiary/aromatic N) is 3. The van der Waals surface area contributed by atoms with Gasteiger partial charge in [0, 0.05) is 46.6 Å². The van der Waals surface area contributed by atoms with E-state index in [1.807, 2.05) is 29.9 Å². The Kier molecular flexibility index (Phi) is 5.87. The van der Waals surface area contributed by atoms with E-state index < -0.39 is 5.56 Å². The van der Waals surface area contributed by atoms with Crippen molar-refractivity contribution in [1.29, 1.82) is 0 Å². The Morgan fingerprint density at radius 3 is 2.66 bits per heavy atom. The maximum atomic E-state index is 13.3. The summed E-state index contributed by atoms with van der Waals surface area (Å²) in [6.07, 6.45) is 0.00779. The molecule has 2 N–H and O–H groups in total. The highest BCUT2D eigenvalue weighted by Crippen LogP contribution is 2.31. The molecule has 0 atom stereocenters. The second-order valence-electron chi connectivity index (χ2n) is 7.23. The highest BCUT2D eigenvalue weighted by molar-refractivity contribution is 7.14. The zero-order chi connectivity index (χ0) is 22.8. The summed E-state index contributed by atoms with van der Waals surface area (Å²) >= 11 is 1.29. The van der Waals surface area contributed by atoms with E-state index in [4.69, 9.17) is 0 Å². The molecule has 8 nitrogen and oxygen atoms in total. The lowest BCUT2D eigenvalue weighted by Crippen LogP contribution is -2.29. The van der Waals surface area contributed by atoms with Crippen LogP contribution in [0.15, 0.2) is 57.4 Å². The van der Waals surface area contributed by atoms with E-state index in [1.165, 1.54) is 23.5 Å². The number of aromatic nitrogens is 4. The Bertz CT molecular complexity index is 1400. The molecule has 0 saturated carbocycles. The number of carbonyl (C=O) groups is 1. The number of anilines is 1. The molecular formula is C22H20FN5O3S. The van der Waals surface area contributed by atoms with Gasteiger partial charge in [0.2, 0.25) is 5.91 Å². The summed E-state index contributed by atoms with van der Waals surface area (Å²) < 4.78 is 16.4. The predicted molar refractivity (Wildman–Crippen MR) is 121 cm³/mol. The lowest BCUT2D eigenvalue weighted by Gasteiger charge is -2.09. The summed E-state index contributed by atoms with van der Waals surface area (Å²) in [4.78, 5) is 39.8. The van der Waals surface area contributed by atoms with Gasteiger partial charge in [-0.1, -0.05) is 0 Å². The first-order valence-corrected chi connectivity index (χ1v) is 10.7. The van der Waals surface area contributed by atoms with Gasteiger partial charge in [-0.25, -0.2) is 14.1 Å². The van der Waals surface area contributed by atoms with E-state index in [-0.39, 0.29) is 30.2 Å². The number of nitrogens with one attached hydrogen (secondary N) is 2. The van der Waals surface area contributed by atoms with Gasteiger partial charge in [-0.3, -0.25) is 19.5 Å². The second-order valence-corrected chi connectivity index (χ2v) is 8.09. The number of H-pyrrole nitrogens is 1. The fraction of sp³-hybridized carbons (Fsp3) is 0.182. The fourth-order valence-corrected chi connectivity index (χ4v) is 4.21. The number of aryl methyl sites for hydroxylation is 2. The summed E-state index contributed by atoms with van der Waals surface area (Å²) in [7, 11) is 0. The van der Waals surface area contributed by atoms with Crippen LogP contribution in [0, 0.1) is 19.7 Å². The van der Waals surface area contributed by atoms with Gasteiger partial charge in [0.15, 0.2) is 5.13 Å². The van der Waals surface area contributed by atoms with E-state index in [1.54, 1.807) is 12.1 Å². The van der Waals surface area contributed by atoms with Crippen molar-refractivity contribution in [1.82, 2.24) is 19.3 Å². The molecule has 164 valence electrons. The van der Waals surface area contributed by atoms with Crippen molar-refractivity contribution >= 4 is 22.4 Å². The third-order valence-electron chi connectivity index (χ3n) is 4.99. The van der Waals surface area contributed by atoms with Gasteiger partial charge in [-0.2, -0.15) is 0 Å². The largest absolute Gasteiger partial charge is 0.318 e. The highest BCUT2D eigenvalue weighted by Gasteiger charge is 2.16. The van der Waals surface area contributed by atoms with Gasteiger partial charge in [0.1, 0.15) is 5.82 Å². The van der Waals surface area contributed by atoms with E-state index in [0.29, 0.717) is 5.13 Å².